The van der Waals surface area contributed by atoms with E-state index in [2.05, 4.69) is 28.4 Å². The highest BCUT2D eigenvalue weighted by Crippen LogP contribution is 2.27. The second-order valence-corrected chi connectivity index (χ2v) is 6.06. The zero-order valence-electron chi connectivity index (χ0n) is 14.0. The lowest BCUT2D eigenvalue weighted by atomic mass is 10.1. The molecule has 6 nitrogen and oxygen atoms in total. The zero-order chi connectivity index (χ0) is 16.8. The number of hydrogen-bond donors (Lipinski definition) is 1. The Hall–Kier alpha value is -2.37. The van der Waals surface area contributed by atoms with Crippen molar-refractivity contribution in [1.29, 1.82) is 0 Å². The van der Waals surface area contributed by atoms with Crippen LogP contribution in [0.2, 0.25) is 0 Å². The molecule has 0 radical (unpaired) electrons. The molecule has 0 saturated carbocycles. The van der Waals surface area contributed by atoms with Crippen molar-refractivity contribution < 1.29 is 14.1 Å². The maximum absolute atomic E-state index is 11.9. The van der Waals surface area contributed by atoms with Crippen LogP contribution >= 0.6 is 0 Å². The molecular formula is C18H23N3O3. The van der Waals surface area contributed by atoms with Crippen molar-refractivity contribution in [3.63, 3.8) is 0 Å². The SMILES string of the molecule is CCCc1noc(CCCC(=O)NCC2Cc3ccccc3O2)n1. The molecular weight excluding hydrogens is 306 g/mol. The van der Waals surface area contributed by atoms with Gasteiger partial charge in [-0.15, -0.1) is 0 Å². The van der Waals surface area contributed by atoms with Crippen LogP contribution in [0.5, 0.6) is 5.75 Å². The Bertz CT molecular complexity index is 659. The molecule has 1 amide bonds. The summed E-state index contributed by atoms with van der Waals surface area (Å²) in [6.45, 7) is 2.61. The van der Waals surface area contributed by atoms with Gasteiger partial charge in [0.25, 0.3) is 0 Å². The molecule has 2 heterocycles. The number of para-hydroxylation sites is 1. The first-order chi connectivity index (χ1) is 11.7. The second-order valence-electron chi connectivity index (χ2n) is 6.06. The van der Waals surface area contributed by atoms with Crippen LogP contribution in [0.1, 0.15) is 43.5 Å². The van der Waals surface area contributed by atoms with Crippen LogP contribution in [0.4, 0.5) is 0 Å². The van der Waals surface area contributed by atoms with Gasteiger partial charge in [0.1, 0.15) is 11.9 Å². The predicted octanol–water partition coefficient (Wildman–Crippen LogP) is 2.46. The van der Waals surface area contributed by atoms with Crippen LogP contribution < -0.4 is 10.1 Å². The monoisotopic (exact) mass is 329 g/mol. The number of hydrogen-bond acceptors (Lipinski definition) is 5. The molecule has 1 aromatic carbocycles. The van der Waals surface area contributed by atoms with Crippen molar-refractivity contribution in [2.24, 2.45) is 0 Å². The smallest absolute Gasteiger partial charge is 0.226 e. The van der Waals surface area contributed by atoms with Gasteiger partial charge in [0.2, 0.25) is 11.8 Å². The number of rotatable bonds is 8. The van der Waals surface area contributed by atoms with Gasteiger partial charge in [-0.25, -0.2) is 0 Å². The summed E-state index contributed by atoms with van der Waals surface area (Å²) in [4.78, 5) is 16.2. The van der Waals surface area contributed by atoms with E-state index in [4.69, 9.17) is 9.26 Å². The summed E-state index contributed by atoms with van der Waals surface area (Å²) in [6, 6.07) is 8.00. The third-order valence-electron chi connectivity index (χ3n) is 4.02. The third-order valence-corrected chi connectivity index (χ3v) is 4.02. The van der Waals surface area contributed by atoms with Crippen LogP contribution in [0, 0.1) is 0 Å². The molecule has 1 unspecified atom stereocenters. The minimum atomic E-state index is 0.0268. The number of fused-ring (bicyclic) bond motifs is 1. The molecule has 3 rings (SSSR count). The normalized spacial score (nSPS) is 15.8. The van der Waals surface area contributed by atoms with E-state index in [0.717, 1.165) is 30.8 Å². The number of amides is 1. The van der Waals surface area contributed by atoms with Gasteiger partial charge >= 0.3 is 0 Å². The first-order valence-corrected chi connectivity index (χ1v) is 8.57. The minimum absolute atomic E-state index is 0.0268. The Morgan fingerprint density at radius 3 is 3.04 bits per heavy atom. The van der Waals surface area contributed by atoms with E-state index in [1.807, 2.05) is 18.2 Å². The maximum atomic E-state index is 11.9. The Balaban J connectivity index is 1.33. The Morgan fingerprint density at radius 1 is 1.33 bits per heavy atom. The third kappa shape index (κ3) is 4.34. The molecule has 24 heavy (non-hydrogen) atoms. The van der Waals surface area contributed by atoms with Crippen molar-refractivity contribution in [2.75, 3.05) is 6.54 Å². The van der Waals surface area contributed by atoms with E-state index < -0.39 is 0 Å². The fraction of sp³-hybridized carbons (Fsp3) is 0.500. The highest BCUT2D eigenvalue weighted by Gasteiger charge is 2.22. The molecule has 1 atom stereocenters. The van der Waals surface area contributed by atoms with Crippen LogP contribution in [0.25, 0.3) is 0 Å². The molecule has 0 aliphatic carbocycles. The average molecular weight is 329 g/mol. The van der Waals surface area contributed by atoms with Gasteiger partial charge in [0, 0.05) is 25.7 Å². The summed E-state index contributed by atoms with van der Waals surface area (Å²) >= 11 is 0. The largest absolute Gasteiger partial charge is 0.488 e. The Kier molecular flexibility index (Phi) is 5.46. The summed E-state index contributed by atoms with van der Waals surface area (Å²) in [5, 5.41) is 6.85. The van der Waals surface area contributed by atoms with Crippen molar-refractivity contribution in [3.05, 3.63) is 41.5 Å². The first kappa shape index (κ1) is 16.5. The summed E-state index contributed by atoms with van der Waals surface area (Å²) < 4.78 is 11.0. The summed E-state index contributed by atoms with van der Waals surface area (Å²) in [5.74, 6) is 2.31. The van der Waals surface area contributed by atoms with Crippen LogP contribution in [0.15, 0.2) is 28.8 Å². The quantitative estimate of drug-likeness (QED) is 0.805. The molecule has 2 aromatic rings. The summed E-state index contributed by atoms with van der Waals surface area (Å²) in [5.41, 5.74) is 1.20. The standard InChI is InChI=1S/C18H23N3O3/c1-2-6-16-20-18(24-21-16)10-5-9-17(22)19-12-14-11-13-7-3-4-8-15(13)23-14/h3-4,7-8,14H,2,5-6,9-12H2,1H3,(H,19,22). The maximum Gasteiger partial charge on any atom is 0.226 e. The number of carbonyl (C=O) groups is 1. The number of benzene rings is 1. The molecule has 128 valence electrons. The topological polar surface area (TPSA) is 77.2 Å². The fourth-order valence-electron chi connectivity index (χ4n) is 2.80. The molecule has 1 aromatic heterocycles. The lowest BCUT2D eigenvalue weighted by Gasteiger charge is -2.11. The van der Waals surface area contributed by atoms with Crippen molar-refractivity contribution in [3.8, 4) is 5.75 Å². The van der Waals surface area contributed by atoms with Crippen molar-refractivity contribution in [2.45, 2.75) is 51.6 Å². The minimum Gasteiger partial charge on any atom is -0.488 e. The fourth-order valence-corrected chi connectivity index (χ4v) is 2.80. The van der Waals surface area contributed by atoms with E-state index in [1.54, 1.807) is 0 Å². The van der Waals surface area contributed by atoms with Gasteiger partial charge in [-0.3, -0.25) is 4.79 Å². The highest BCUT2D eigenvalue weighted by atomic mass is 16.5. The predicted molar refractivity (Wildman–Crippen MR) is 88.8 cm³/mol. The number of carbonyl (C=O) groups excluding carboxylic acids is 1. The van der Waals surface area contributed by atoms with Crippen molar-refractivity contribution >= 4 is 5.91 Å². The number of ether oxygens (including phenoxy) is 1. The summed E-state index contributed by atoms with van der Waals surface area (Å²) in [6.07, 6.45) is 4.48. The van der Waals surface area contributed by atoms with Crippen molar-refractivity contribution in [1.82, 2.24) is 15.5 Å². The van der Waals surface area contributed by atoms with Gasteiger partial charge in [-0.1, -0.05) is 30.3 Å². The van der Waals surface area contributed by atoms with Crippen LogP contribution in [-0.4, -0.2) is 28.7 Å². The van der Waals surface area contributed by atoms with Gasteiger partial charge in [0.05, 0.1) is 6.54 Å². The number of nitrogens with zero attached hydrogens (tertiary/aromatic N) is 2. The molecule has 0 bridgehead atoms. The average Bonchev–Trinajstić information content (AvgIpc) is 3.19. The van der Waals surface area contributed by atoms with Crippen LogP contribution in [0.3, 0.4) is 0 Å². The van der Waals surface area contributed by atoms with Gasteiger partial charge in [-0.2, -0.15) is 4.98 Å². The number of aryl methyl sites for hydroxylation is 2. The second kappa shape index (κ2) is 7.95. The molecule has 0 saturated heterocycles. The highest BCUT2D eigenvalue weighted by molar-refractivity contribution is 5.75. The van der Waals surface area contributed by atoms with E-state index in [9.17, 15) is 4.79 Å². The lowest BCUT2D eigenvalue weighted by Crippen LogP contribution is -2.34. The summed E-state index contributed by atoms with van der Waals surface area (Å²) in [7, 11) is 0. The molecule has 1 aliphatic rings. The van der Waals surface area contributed by atoms with Gasteiger partial charge < -0.3 is 14.6 Å². The number of nitrogens with one attached hydrogen (secondary N) is 1. The van der Waals surface area contributed by atoms with E-state index >= 15 is 0 Å². The van der Waals surface area contributed by atoms with Crippen LogP contribution in [-0.2, 0) is 24.1 Å². The molecule has 0 fully saturated rings. The van der Waals surface area contributed by atoms with E-state index in [-0.39, 0.29) is 12.0 Å². The lowest BCUT2D eigenvalue weighted by molar-refractivity contribution is -0.121. The molecule has 6 heteroatoms. The molecule has 0 spiro atoms. The first-order valence-electron chi connectivity index (χ1n) is 8.57. The van der Waals surface area contributed by atoms with Gasteiger partial charge in [-0.05, 0) is 24.5 Å². The zero-order valence-corrected chi connectivity index (χ0v) is 14.0. The molecule has 1 aliphatic heterocycles. The number of aromatic nitrogens is 2. The van der Waals surface area contributed by atoms with Gasteiger partial charge in [0.15, 0.2) is 5.82 Å². The Labute approximate surface area is 141 Å². The van der Waals surface area contributed by atoms with E-state index in [1.165, 1.54) is 5.56 Å². The van der Waals surface area contributed by atoms with E-state index in [0.29, 0.717) is 31.7 Å². The molecule has 1 N–H and O–H groups in total. The Morgan fingerprint density at radius 2 is 2.21 bits per heavy atom.